The van der Waals surface area contributed by atoms with Crippen LogP contribution in [-0.2, 0) is 6.54 Å². The van der Waals surface area contributed by atoms with E-state index in [0.29, 0.717) is 6.54 Å². The molecule has 16 heavy (non-hydrogen) atoms. The van der Waals surface area contributed by atoms with Crippen LogP contribution in [0.2, 0.25) is 0 Å². The van der Waals surface area contributed by atoms with Crippen LogP contribution in [0.5, 0.6) is 5.75 Å². The molecule has 0 unspecified atom stereocenters. The number of phenols is 1. The van der Waals surface area contributed by atoms with Gasteiger partial charge in [-0.15, -0.1) is 12.4 Å². The molecule has 0 atom stereocenters. The van der Waals surface area contributed by atoms with E-state index >= 15 is 0 Å². The first-order chi connectivity index (χ1) is 7.31. The summed E-state index contributed by atoms with van der Waals surface area (Å²) in [5.41, 5.74) is 8.83. The lowest BCUT2D eigenvalue weighted by molar-refractivity contribution is 0.475. The van der Waals surface area contributed by atoms with E-state index in [1.807, 2.05) is 36.4 Å². The number of phenolic OH excluding ortho intramolecular Hbond substituents is 1. The molecule has 0 fully saturated rings. The molecule has 3 N–H and O–H groups in total. The first-order valence-corrected chi connectivity index (χ1v) is 4.88. The average Bonchev–Trinajstić information content (AvgIpc) is 2.29. The minimum absolute atomic E-state index is 0. The molecule has 0 aliphatic heterocycles. The lowest BCUT2D eigenvalue weighted by atomic mass is 10.00. The molecule has 0 saturated carbocycles. The largest absolute Gasteiger partial charge is 0.508 e. The van der Waals surface area contributed by atoms with Crippen LogP contribution in [0.25, 0.3) is 11.1 Å². The van der Waals surface area contributed by atoms with E-state index in [2.05, 4.69) is 0 Å². The molecule has 2 nitrogen and oxygen atoms in total. The SMILES string of the molecule is Cl.NCc1ccccc1-c1cccc(O)c1. The van der Waals surface area contributed by atoms with Crippen LogP contribution < -0.4 is 5.73 Å². The highest BCUT2D eigenvalue weighted by molar-refractivity contribution is 5.85. The van der Waals surface area contributed by atoms with Gasteiger partial charge in [0.25, 0.3) is 0 Å². The van der Waals surface area contributed by atoms with Crippen molar-refractivity contribution < 1.29 is 5.11 Å². The maximum atomic E-state index is 9.41. The van der Waals surface area contributed by atoms with Crippen molar-refractivity contribution in [1.29, 1.82) is 0 Å². The third-order valence-electron chi connectivity index (χ3n) is 2.39. The van der Waals surface area contributed by atoms with E-state index in [1.54, 1.807) is 12.1 Å². The van der Waals surface area contributed by atoms with Crippen molar-refractivity contribution in [2.24, 2.45) is 5.73 Å². The number of hydrogen-bond donors (Lipinski definition) is 2. The number of nitrogens with two attached hydrogens (primary N) is 1. The quantitative estimate of drug-likeness (QED) is 0.841. The highest BCUT2D eigenvalue weighted by atomic mass is 35.5. The van der Waals surface area contributed by atoms with Crippen LogP contribution in [0, 0.1) is 0 Å². The Morgan fingerprint density at radius 2 is 1.75 bits per heavy atom. The van der Waals surface area contributed by atoms with Gasteiger partial charge in [-0.1, -0.05) is 36.4 Å². The molecule has 0 aromatic heterocycles. The first kappa shape index (κ1) is 12.6. The second-order valence-corrected chi connectivity index (χ2v) is 3.41. The van der Waals surface area contributed by atoms with Crippen molar-refractivity contribution >= 4 is 12.4 Å². The topological polar surface area (TPSA) is 46.2 Å². The standard InChI is InChI=1S/C13H13NO.ClH/c14-9-11-4-1-2-7-13(11)10-5-3-6-12(15)8-10;/h1-8,15H,9,14H2;1H. The van der Waals surface area contributed by atoms with Gasteiger partial charge in [-0.3, -0.25) is 0 Å². The van der Waals surface area contributed by atoms with Gasteiger partial charge in [-0.25, -0.2) is 0 Å². The van der Waals surface area contributed by atoms with Crippen LogP contribution >= 0.6 is 12.4 Å². The number of hydrogen-bond acceptors (Lipinski definition) is 2. The minimum atomic E-state index is 0. The summed E-state index contributed by atoms with van der Waals surface area (Å²) in [6, 6.07) is 15.2. The van der Waals surface area contributed by atoms with Crippen molar-refractivity contribution in [3.63, 3.8) is 0 Å². The summed E-state index contributed by atoms with van der Waals surface area (Å²) >= 11 is 0. The predicted molar refractivity (Wildman–Crippen MR) is 68.7 cm³/mol. The van der Waals surface area contributed by atoms with Gasteiger partial charge in [0.1, 0.15) is 5.75 Å². The molecule has 0 aliphatic rings. The second kappa shape index (κ2) is 5.54. The average molecular weight is 236 g/mol. The monoisotopic (exact) mass is 235 g/mol. The maximum absolute atomic E-state index is 9.41. The molecular weight excluding hydrogens is 222 g/mol. The summed E-state index contributed by atoms with van der Waals surface area (Å²) in [6.45, 7) is 0.506. The fourth-order valence-corrected chi connectivity index (χ4v) is 1.65. The Bertz CT molecular complexity index is 471. The van der Waals surface area contributed by atoms with Crippen LogP contribution in [0.15, 0.2) is 48.5 Å². The smallest absolute Gasteiger partial charge is 0.116 e. The Labute approximate surface area is 101 Å². The zero-order chi connectivity index (χ0) is 10.7. The van der Waals surface area contributed by atoms with Gasteiger partial charge in [0, 0.05) is 6.54 Å². The lowest BCUT2D eigenvalue weighted by Crippen LogP contribution is -1.98. The third kappa shape index (κ3) is 2.54. The highest BCUT2D eigenvalue weighted by Gasteiger charge is 2.02. The summed E-state index contributed by atoms with van der Waals surface area (Å²) in [6.07, 6.45) is 0. The fourth-order valence-electron chi connectivity index (χ4n) is 1.65. The number of benzene rings is 2. The highest BCUT2D eigenvalue weighted by Crippen LogP contribution is 2.25. The van der Waals surface area contributed by atoms with E-state index in [1.165, 1.54) is 0 Å². The van der Waals surface area contributed by atoms with Crippen molar-refractivity contribution in [3.8, 4) is 16.9 Å². The maximum Gasteiger partial charge on any atom is 0.116 e. The van der Waals surface area contributed by atoms with Crippen molar-refractivity contribution in [1.82, 2.24) is 0 Å². The molecule has 2 aromatic rings. The van der Waals surface area contributed by atoms with Gasteiger partial charge in [-0.05, 0) is 28.8 Å². The molecular formula is C13H14ClNO. The number of rotatable bonds is 2. The van der Waals surface area contributed by atoms with Crippen molar-refractivity contribution in [3.05, 3.63) is 54.1 Å². The molecule has 0 saturated heterocycles. The zero-order valence-electron chi connectivity index (χ0n) is 8.76. The molecule has 0 aliphatic carbocycles. The molecule has 84 valence electrons. The molecule has 0 bridgehead atoms. The normalized spacial score (nSPS) is 9.56. The Kier molecular flexibility index (Phi) is 4.35. The predicted octanol–water partition coefficient (Wildman–Crippen LogP) is 2.94. The summed E-state index contributed by atoms with van der Waals surface area (Å²) in [7, 11) is 0. The summed E-state index contributed by atoms with van der Waals surface area (Å²) < 4.78 is 0. The first-order valence-electron chi connectivity index (χ1n) is 4.88. The van der Waals surface area contributed by atoms with Gasteiger partial charge in [-0.2, -0.15) is 0 Å². The van der Waals surface area contributed by atoms with Gasteiger partial charge in [0.2, 0.25) is 0 Å². The molecule has 0 heterocycles. The van der Waals surface area contributed by atoms with Crippen LogP contribution in [-0.4, -0.2) is 5.11 Å². The van der Waals surface area contributed by atoms with Crippen LogP contribution in [0.3, 0.4) is 0 Å². The molecule has 0 spiro atoms. The number of halogens is 1. The number of aromatic hydroxyl groups is 1. The molecule has 0 amide bonds. The van der Waals surface area contributed by atoms with E-state index < -0.39 is 0 Å². The van der Waals surface area contributed by atoms with E-state index in [-0.39, 0.29) is 18.2 Å². The van der Waals surface area contributed by atoms with Gasteiger partial charge >= 0.3 is 0 Å². The van der Waals surface area contributed by atoms with Gasteiger partial charge < -0.3 is 10.8 Å². The molecule has 0 radical (unpaired) electrons. The van der Waals surface area contributed by atoms with Crippen LogP contribution in [0.1, 0.15) is 5.56 Å². The molecule has 3 heteroatoms. The van der Waals surface area contributed by atoms with Gasteiger partial charge in [0.15, 0.2) is 0 Å². The fraction of sp³-hybridized carbons (Fsp3) is 0.0769. The zero-order valence-corrected chi connectivity index (χ0v) is 9.58. The Hall–Kier alpha value is -1.51. The van der Waals surface area contributed by atoms with E-state index in [4.69, 9.17) is 5.73 Å². The Morgan fingerprint density at radius 3 is 2.44 bits per heavy atom. The van der Waals surface area contributed by atoms with Crippen LogP contribution in [0.4, 0.5) is 0 Å². The summed E-state index contributed by atoms with van der Waals surface area (Å²) in [4.78, 5) is 0. The summed E-state index contributed by atoms with van der Waals surface area (Å²) in [5.74, 6) is 0.277. The Morgan fingerprint density at radius 1 is 1.00 bits per heavy atom. The molecule has 2 aromatic carbocycles. The van der Waals surface area contributed by atoms with Crippen molar-refractivity contribution in [2.75, 3.05) is 0 Å². The molecule has 2 rings (SSSR count). The third-order valence-corrected chi connectivity index (χ3v) is 2.39. The Balaban J connectivity index is 0.00000128. The van der Waals surface area contributed by atoms with Crippen molar-refractivity contribution in [2.45, 2.75) is 6.54 Å². The van der Waals surface area contributed by atoms with E-state index in [0.717, 1.165) is 16.7 Å². The van der Waals surface area contributed by atoms with Gasteiger partial charge in [0.05, 0.1) is 0 Å². The minimum Gasteiger partial charge on any atom is -0.508 e. The lowest BCUT2D eigenvalue weighted by Gasteiger charge is -2.07. The second-order valence-electron chi connectivity index (χ2n) is 3.41. The van der Waals surface area contributed by atoms with E-state index in [9.17, 15) is 5.11 Å². The summed E-state index contributed by atoms with van der Waals surface area (Å²) in [5, 5.41) is 9.41.